The number of nitrogens with two attached hydrogens (primary N) is 1. The summed E-state index contributed by atoms with van der Waals surface area (Å²) < 4.78 is 7.45. The highest BCUT2D eigenvalue weighted by Crippen LogP contribution is 2.15. The smallest absolute Gasteiger partial charge is 0.268 e. The van der Waals surface area contributed by atoms with E-state index in [1.54, 1.807) is 19.9 Å². The molecule has 2 aromatic rings. The van der Waals surface area contributed by atoms with Crippen LogP contribution >= 0.6 is 22.6 Å². The minimum Gasteiger partial charge on any atom is -0.464 e. The maximum absolute atomic E-state index is 12.1. The quantitative estimate of drug-likeness (QED) is 0.349. The Balaban J connectivity index is 2.34. The number of carbonyl (C=O) groups is 1. The molecule has 2 rings (SSSR count). The van der Waals surface area contributed by atoms with Gasteiger partial charge in [0, 0.05) is 0 Å². The van der Waals surface area contributed by atoms with Gasteiger partial charge in [0.05, 0.1) is 27.7 Å². The second-order valence-corrected chi connectivity index (χ2v) is 5.31. The standard InChI is InChI=1S/C12H13IN4O3/c1-6-10(13)12(19)17(5-15-6)4-8-3-9(7(2)20-8)11(18)16-14/h3,5H,4,14H2,1-2H3,(H,16,18). The summed E-state index contributed by atoms with van der Waals surface area (Å²) in [6.45, 7) is 3.64. The first kappa shape index (κ1) is 14.7. The molecule has 20 heavy (non-hydrogen) atoms. The van der Waals surface area contributed by atoms with Crippen LogP contribution in [0.2, 0.25) is 0 Å². The molecule has 0 aliphatic carbocycles. The van der Waals surface area contributed by atoms with Gasteiger partial charge in [-0.2, -0.15) is 0 Å². The van der Waals surface area contributed by atoms with Crippen molar-refractivity contribution in [2.75, 3.05) is 0 Å². The normalized spacial score (nSPS) is 10.6. The van der Waals surface area contributed by atoms with Gasteiger partial charge in [-0.25, -0.2) is 10.8 Å². The first-order valence-corrected chi connectivity index (χ1v) is 6.83. The molecular formula is C12H13IN4O3. The molecule has 0 spiro atoms. The van der Waals surface area contributed by atoms with Gasteiger partial charge in [0.2, 0.25) is 0 Å². The van der Waals surface area contributed by atoms with E-state index in [0.717, 1.165) is 0 Å². The van der Waals surface area contributed by atoms with E-state index in [0.29, 0.717) is 26.3 Å². The number of nitrogens with one attached hydrogen (secondary N) is 1. The molecular weight excluding hydrogens is 375 g/mol. The molecule has 8 heteroatoms. The fraction of sp³-hybridized carbons (Fsp3) is 0.250. The highest BCUT2D eigenvalue weighted by molar-refractivity contribution is 14.1. The molecule has 2 aromatic heterocycles. The molecule has 0 aliphatic rings. The Bertz CT molecular complexity index is 720. The Kier molecular flexibility index (Phi) is 4.23. The summed E-state index contributed by atoms with van der Waals surface area (Å²) in [4.78, 5) is 27.7. The molecule has 0 fully saturated rings. The van der Waals surface area contributed by atoms with Crippen LogP contribution in [0.25, 0.3) is 0 Å². The van der Waals surface area contributed by atoms with Crippen molar-refractivity contribution in [3.05, 3.63) is 49.1 Å². The van der Waals surface area contributed by atoms with E-state index < -0.39 is 5.91 Å². The van der Waals surface area contributed by atoms with Crippen LogP contribution in [0.4, 0.5) is 0 Å². The van der Waals surface area contributed by atoms with Gasteiger partial charge >= 0.3 is 0 Å². The van der Waals surface area contributed by atoms with Crippen molar-refractivity contribution in [3.8, 4) is 0 Å². The Morgan fingerprint density at radius 1 is 1.55 bits per heavy atom. The molecule has 0 saturated carbocycles. The van der Waals surface area contributed by atoms with E-state index in [4.69, 9.17) is 10.3 Å². The lowest BCUT2D eigenvalue weighted by molar-refractivity contribution is 0.0952. The summed E-state index contributed by atoms with van der Waals surface area (Å²) in [6.07, 6.45) is 1.46. The van der Waals surface area contributed by atoms with Gasteiger partial charge in [-0.3, -0.25) is 19.6 Å². The third-order valence-corrected chi connectivity index (χ3v) is 4.07. The Morgan fingerprint density at radius 3 is 2.90 bits per heavy atom. The average molecular weight is 388 g/mol. The largest absolute Gasteiger partial charge is 0.464 e. The highest BCUT2D eigenvalue weighted by atomic mass is 127. The van der Waals surface area contributed by atoms with Crippen LogP contribution in [-0.4, -0.2) is 15.5 Å². The molecule has 0 bridgehead atoms. The summed E-state index contributed by atoms with van der Waals surface area (Å²) in [5, 5.41) is 0. The summed E-state index contributed by atoms with van der Waals surface area (Å²) in [5.74, 6) is 5.60. The van der Waals surface area contributed by atoms with Crippen molar-refractivity contribution in [2.45, 2.75) is 20.4 Å². The monoisotopic (exact) mass is 388 g/mol. The Morgan fingerprint density at radius 2 is 2.25 bits per heavy atom. The van der Waals surface area contributed by atoms with E-state index in [2.05, 4.69) is 4.98 Å². The van der Waals surface area contributed by atoms with E-state index in [1.165, 1.54) is 10.9 Å². The number of halogens is 1. The van der Waals surface area contributed by atoms with Crippen molar-refractivity contribution in [2.24, 2.45) is 5.84 Å². The topological polar surface area (TPSA) is 103 Å². The van der Waals surface area contributed by atoms with E-state index in [-0.39, 0.29) is 12.1 Å². The van der Waals surface area contributed by atoms with E-state index >= 15 is 0 Å². The van der Waals surface area contributed by atoms with Crippen molar-refractivity contribution in [1.29, 1.82) is 0 Å². The molecule has 2 heterocycles. The molecule has 0 aliphatic heterocycles. The van der Waals surface area contributed by atoms with Gasteiger partial charge in [0.25, 0.3) is 11.5 Å². The van der Waals surface area contributed by atoms with Crippen LogP contribution < -0.4 is 16.8 Å². The fourth-order valence-corrected chi connectivity index (χ4v) is 2.20. The molecule has 7 nitrogen and oxygen atoms in total. The number of nitrogens with zero attached hydrogens (tertiary/aromatic N) is 2. The van der Waals surface area contributed by atoms with Gasteiger partial charge in [-0.15, -0.1) is 0 Å². The number of hydrogen-bond donors (Lipinski definition) is 2. The zero-order chi connectivity index (χ0) is 14.9. The Hall–Kier alpha value is -1.68. The number of nitrogen functional groups attached to an aromatic ring is 1. The highest BCUT2D eigenvalue weighted by Gasteiger charge is 2.15. The van der Waals surface area contributed by atoms with Gasteiger partial charge in [-0.1, -0.05) is 0 Å². The third-order valence-electron chi connectivity index (χ3n) is 2.83. The molecule has 3 N–H and O–H groups in total. The molecule has 0 atom stereocenters. The summed E-state index contributed by atoms with van der Waals surface area (Å²) in [6, 6.07) is 1.57. The lowest BCUT2D eigenvalue weighted by Crippen LogP contribution is -2.30. The van der Waals surface area contributed by atoms with Gasteiger partial charge in [0.1, 0.15) is 11.5 Å². The molecule has 0 saturated heterocycles. The third kappa shape index (κ3) is 2.75. The zero-order valence-corrected chi connectivity index (χ0v) is 13.1. The fourth-order valence-electron chi connectivity index (χ4n) is 1.75. The van der Waals surface area contributed by atoms with Gasteiger partial charge in [-0.05, 0) is 42.5 Å². The van der Waals surface area contributed by atoms with E-state index in [1.807, 2.05) is 28.0 Å². The van der Waals surface area contributed by atoms with Crippen LogP contribution in [0.3, 0.4) is 0 Å². The van der Waals surface area contributed by atoms with Crippen molar-refractivity contribution >= 4 is 28.5 Å². The first-order chi connectivity index (χ1) is 9.43. The van der Waals surface area contributed by atoms with Crippen molar-refractivity contribution in [1.82, 2.24) is 15.0 Å². The zero-order valence-electron chi connectivity index (χ0n) is 10.9. The number of aromatic nitrogens is 2. The van der Waals surface area contributed by atoms with Crippen LogP contribution in [0.1, 0.15) is 27.6 Å². The predicted molar refractivity (Wildman–Crippen MR) is 80.2 cm³/mol. The van der Waals surface area contributed by atoms with Gasteiger partial charge < -0.3 is 4.42 Å². The van der Waals surface area contributed by atoms with Crippen LogP contribution in [0.15, 0.2) is 21.6 Å². The van der Waals surface area contributed by atoms with Gasteiger partial charge in [0.15, 0.2) is 0 Å². The number of aryl methyl sites for hydroxylation is 2. The molecule has 106 valence electrons. The second kappa shape index (κ2) is 5.75. The SMILES string of the molecule is Cc1ncn(Cc2cc(C(=O)NN)c(C)o2)c(=O)c1I. The summed E-state index contributed by atoms with van der Waals surface area (Å²) in [5.41, 5.74) is 2.94. The predicted octanol–water partition coefficient (Wildman–Crippen LogP) is 0.710. The minimum atomic E-state index is -0.429. The van der Waals surface area contributed by atoms with Crippen molar-refractivity contribution in [3.63, 3.8) is 0 Å². The average Bonchev–Trinajstić information content (AvgIpc) is 2.79. The molecule has 0 unspecified atom stereocenters. The first-order valence-electron chi connectivity index (χ1n) is 5.75. The molecule has 0 aromatic carbocycles. The van der Waals surface area contributed by atoms with Crippen molar-refractivity contribution < 1.29 is 9.21 Å². The Labute approximate surface area is 128 Å². The lowest BCUT2D eigenvalue weighted by atomic mass is 10.2. The van der Waals surface area contributed by atoms with Crippen LogP contribution in [0.5, 0.6) is 0 Å². The number of hydrazine groups is 1. The lowest BCUT2D eigenvalue weighted by Gasteiger charge is -2.04. The van der Waals surface area contributed by atoms with Crippen LogP contribution in [-0.2, 0) is 6.54 Å². The molecule has 0 radical (unpaired) electrons. The number of furan rings is 1. The number of amides is 1. The number of rotatable bonds is 3. The maximum atomic E-state index is 12.1. The second-order valence-electron chi connectivity index (χ2n) is 4.23. The summed E-state index contributed by atoms with van der Waals surface area (Å²) >= 11 is 1.96. The minimum absolute atomic E-state index is 0.142. The van der Waals surface area contributed by atoms with E-state index in [9.17, 15) is 9.59 Å². The summed E-state index contributed by atoms with van der Waals surface area (Å²) in [7, 11) is 0. The number of carbonyl (C=O) groups excluding carboxylic acids is 1. The number of hydrogen-bond acceptors (Lipinski definition) is 5. The molecule has 1 amide bonds. The maximum Gasteiger partial charge on any atom is 0.268 e. The van der Waals surface area contributed by atoms with Crippen LogP contribution in [0, 0.1) is 17.4 Å².